The van der Waals surface area contributed by atoms with E-state index in [1.54, 1.807) is 5.48 Å². The van der Waals surface area contributed by atoms with Crippen LogP contribution in [0.3, 0.4) is 0 Å². The number of rotatable bonds is 7. The SMILES string of the molecule is C=C(c1cccc(OCCCC(=O)NO)c1)c1cc(C)nc2ccccc12. The Labute approximate surface area is 158 Å². The van der Waals surface area contributed by atoms with Crippen molar-refractivity contribution >= 4 is 22.4 Å². The maximum atomic E-state index is 11.0. The molecule has 0 unspecified atom stereocenters. The number of amides is 1. The minimum absolute atomic E-state index is 0.213. The summed E-state index contributed by atoms with van der Waals surface area (Å²) in [5.74, 6) is 0.300. The van der Waals surface area contributed by atoms with Gasteiger partial charge in [-0.25, -0.2) is 5.48 Å². The molecule has 1 aromatic heterocycles. The maximum Gasteiger partial charge on any atom is 0.243 e. The molecule has 2 aromatic carbocycles. The van der Waals surface area contributed by atoms with Gasteiger partial charge >= 0.3 is 0 Å². The van der Waals surface area contributed by atoms with Crippen LogP contribution in [0, 0.1) is 6.92 Å². The van der Waals surface area contributed by atoms with Crippen LogP contribution in [0.4, 0.5) is 0 Å². The molecule has 0 fully saturated rings. The summed E-state index contributed by atoms with van der Waals surface area (Å²) in [6.07, 6.45) is 0.733. The van der Waals surface area contributed by atoms with Crippen molar-refractivity contribution in [2.45, 2.75) is 19.8 Å². The van der Waals surface area contributed by atoms with E-state index in [1.807, 2.05) is 55.5 Å². The largest absolute Gasteiger partial charge is 0.494 e. The van der Waals surface area contributed by atoms with E-state index in [4.69, 9.17) is 9.94 Å². The smallest absolute Gasteiger partial charge is 0.243 e. The number of hydrogen-bond acceptors (Lipinski definition) is 4. The van der Waals surface area contributed by atoms with Gasteiger partial charge in [-0.1, -0.05) is 36.9 Å². The number of aromatic nitrogens is 1. The Morgan fingerprint density at radius 1 is 1.19 bits per heavy atom. The minimum atomic E-state index is -0.416. The molecule has 0 saturated heterocycles. The Kier molecular flexibility index (Phi) is 5.84. The molecule has 5 nitrogen and oxygen atoms in total. The molecule has 138 valence electrons. The number of hydroxylamine groups is 1. The molecule has 0 saturated carbocycles. The standard InChI is InChI=1S/C22H22N2O3/c1-15-13-20(19-9-3-4-10-21(19)23-15)16(2)17-7-5-8-18(14-17)27-12-6-11-22(25)24-26/h3-5,7-10,13-14,26H,2,6,11-12H2,1H3,(H,24,25). The Balaban J connectivity index is 1.79. The maximum absolute atomic E-state index is 11.0. The van der Waals surface area contributed by atoms with Crippen molar-refractivity contribution in [3.8, 4) is 5.75 Å². The highest BCUT2D eigenvalue weighted by Crippen LogP contribution is 2.30. The zero-order valence-corrected chi connectivity index (χ0v) is 15.2. The summed E-state index contributed by atoms with van der Waals surface area (Å²) in [6.45, 7) is 6.66. The summed E-state index contributed by atoms with van der Waals surface area (Å²) in [4.78, 5) is 15.6. The molecule has 0 aliphatic carbocycles. The molecule has 0 bridgehead atoms. The lowest BCUT2D eigenvalue weighted by molar-refractivity contribution is -0.129. The van der Waals surface area contributed by atoms with Gasteiger partial charge in [-0.2, -0.15) is 0 Å². The molecule has 0 radical (unpaired) electrons. The van der Waals surface area contributed by atoms with Crippen LogP contribution >= 0.6 is 0 Å². The van der Waals surface area contributed by atoms with Gasteiger partial charge in [-0.3, -0.25) is 15.0 Å². The number of carbonyl (C=O) groups is 1. The molecule has 0 atom stereocenters. The first-order chi connectivity index (χ1) is 13.1. The number of aryl methyl sites for hydroxylation is 1. The third-order valence-corrected chi connectivity index (χ3v) is 4.29. The molecule has 0 spiro atoms. The molecule has 0 aliphatic heterocycles. The summed E-state index contributed by atoms with van der Waals surface area (Å²) < 4.78 is 5.72. The van der Waals surface area contributed by atoms with Crippen molar-refractivity contribution in [3.63, 3.8) is 0 Å². The van der Waals surface area contributed by atoms with E-state index in [9.17, 15) is 4.79 Å². The molecule has 0 aliphatic rings. The van der Waals surface area contributed by atoms with E-state index in [2.05, 4.69) is 17.6 Å². The molecule has 2 N–H and O–H groups in total. The molecule has 3 rings (SSSR count). The lowest BCUT2D eigenvalue weighted by atomic mass is 9.95. The summed E-state index contributed by atoms with van der Waals surface area (Å²) in [5, 5.41) is 9.56. The Morgan fingerprint density at radius 3 is 2.81 bits per heavy atom. The van der Waals surface area contributed by atoms with Crippen LogP contribution in [-0.4, -0.2) is 22.7 Å². The second-order valence-corrected chi connectivity index (χ2v) is 6.32. The van der Waals surface area contributed by atoms with E-state index in [1.165, 1.54) is 0 Å². The third kappa shape index (κ3) is 4.51. The Morgan fingerprint density at radius 2 is 2.00 bits per heavy atom. The highest BCUT2D eigenvalue weighted by atomic mass is 16.5. The first-order valence-electron chi connectivity index (χ1n) is 8.80. The van der Waals surface area contributed by atoms with Crippen molar-refractivity contribution < 1.29 is 14.7 Å². The summed E-state index contributed by atoms with van der Waals surface area (Å²) >= 11 is 0. The second-order valence-electron chi connectivity index (χ2n) is 6.32. The highest BCUT2D eigenvalue weighted by Gasteiger charge is 2.10. The zero-order valence-electron chi connectivity index (χ0n) is 15.2. The topological polar surface area (TPSA) is 71.5 Å². The van der Waals surface area contributed by atoms with E-state index < -0.39 is 5.91 Å². The first-order valence-corrected chi connectivity index (χ1v) is 8.80. The molecular weight excluding hydrogens is 340 g/mol. The summed E-state index contributed by atoms with van der Waals surface area (Å²) in [6, 6.07) is 17.8. The molecule has 27 heavy (non-hydrogen) atoms. The lowest BCUT2D eigenvalue weighted by Crippen LogP contribution is -2.18. The predicted octanol–water partition coefficient (Wildman–Crippen LogP) is 4.27. The van der Waals surface area contributed by atoms with E-state index in [-0.39, 0.29) is 6.42 Å². The van der Waals surface area contributed by atoms with E-state index >= 15 is 0 Å². The second kappa shape index (κ2) is 8.47. The fraction of sp³-hybridized carbons (Fsp3) is 0.182. The lowest BCUT2D eigenvalue weighted by Gasteiger charge is -2.13. The fourth-order valence-corrected chi connectivity index (χ4v) is 2.97. The van der Waals surface area contributed by atoms with Crippen molar-refractivity contribution in [1.29, 1.82) is 0 Å². The number of ether oxygens (including phenoxy) is 1. The average molecular weight is 362 g/mol. The number of benzene rings is 2. The quantitative estimate of drug-likeness (QED) is 0.374. The van der Waals surface area contributed by atoms with Crippen LogP contribution in [0.15, 0.2) is 61.2 Å². The van der Waals surface area contributed by atoms with Crippen LogP contribution < -0.4 is 10.2 Å². The van der Waals surface area contributed by atoms with Crippen LogP contribution in [-0.2, 0) is 4.79 Å². The van der Waals surface area contributed by atoms with E-state index in [0.717, 1.165) is 33.3 Å². The molecular formula is C22H22N2O3. The van der Waals surface area contributed by atoms with Gasteiger partial charge in [0.2, 0.25) is 5.91 Å². The minimum Gasteiger partial charge on any atom is -0.494 e. The number of hydrogen-bond donors (Lipinski definition) is 2. The van der Waals surface area contributed by atoms with Crippen LogP contribution in [0.25, 0.3) is 16.5 Å². The van der Waals surface area contributed by atoms with Crippen LogP contribution in [0.5, 0.6) is 5.75 Å². The van der Waals surface area contributed by atoms with Gasteiger partial charge in [-0.05, 0) is 54.3 Å². The fourth-order valence-electron chi connectivity index (χ4n) is 2.97. The predicted molar refractivity (Wildman–Crippen MR) is 106 cm³/mol. The molecule has 1 heterocycles. The van der Waals surface area contributed by atoms with Crippen LogP contribution in [0.2, 0.25) is 0 Å². The van der Waals surface area contributed by atoms with Crippen LogP contribution in [0.1, 0.15) is 29.7 Å². The normalized spacial score (nSPS) is 10.6. The van der Waals surface area contributed by atoms with Crippen molar-refractivity contribution in [2.24, 2.45) is 0 Å². The van der Waals surface area contributed by atoms with Gasteiger partial charge in [0.1, 0.15) is 5.75 Å². The molecule has 1 amide bonds. The van der Waals surface area contributed by atoms with Gasteiger partial charge < -0.3 is 4.74 Å². The van der Waals surface area contributed by atoms with Gasteiger partial charge in [0, 0.05) is 17.5 Å². The average Bonchev–Trinajstić information content (AvgIpc) is 2.70. The van der Waals surface area contributed by atoms with Crippen molar-refractivity contribution in [1.82, 2.24) is 10.5 Å². The Bertz CT molecular complexity index is 982. The number of pyridine rings is 1. The highest BCUT2D eigenvalue weighted by molar-refractivity contribution is 5.95. The number of carbonyl (C=O) groups excluding carboxylic acids is 1. The third-order valence-electron chi connectivity index (χ3n) is 4.29. The molecule has 3 aromatic rings. The number of para-hydroxylation sites is 1. The Hall–Kier alpha value is -3.18. The monoisotopic (exact) mass is 362 g/mol. The first kappa shape index (κ1) is 18.6. The zero-order chi connectivity index (χ0) is 19.2. The number of fused-ring (bicyclic) bond motifs is 1. The summed E-state index contributed by atoms with van der Waals surface area (Å²) in [5.41, 5.74) is 6.43. The van der Waals surface area contributed by atoms with Gasteiger partial charge in [-0.15, -0.1) is 0 Å². The van der Waals surface area contributed by atoms with Gasteiger partial charge in [0.25, 0.3) is 0 Å². The number of nitrogens with zero attached hydrogens (tertiary/aromatic N) is 1. The molecule has 5 heteroatoms. The van der Waals surface area contributed by atoms with Crippen molar-refractivity contribution in [3.05, 3.63) is 78.0 Å². The number of nitrogens with one attached hydrogen (secondary N) is 1. The summed E-state index contributed by atoms with van der Waals surface area (Å²) in [7, 11) is 0. The van der Waals surface area contributed by atoms with Gasteiger partial charge in [0.05, 0.1) is 12.1 Å². The van der Waals surface area contributed by atoms with E-state index in [0.29, 0.717) is 18.8 Å². The van der Waals surface area contributed by atoms with Gasteiger partial charge in [0.15, 0.2) is 0 Å². The van der Waals surface area contributed by atoms with Crippen molar-refractivity contribution in [2.75, 3.05) is 6.61 Å².